The molecule has 1 aromatic rings. The molecule has 0 saturated heterocycles. The number of nitrogens with one attached hydrogen (secondary N) is 1. The monoisotopic (exact) mass is 270 g/mol. The minimum absolute atomic E-state index is 0.0579. The Morgan fingerprint density at radius 2 is 2.21 bits per heavy atom. The van der Waals surface area contributed by atoms with Crippen LogP contribution in [0.2, 0.25) is 0 Å². The van der Waals surface area contributed by atoms with Gasteiger partial charge in [-0.2, -0.15) is 4.98 Å². The molecule has 0 aromatic carbocycles. The van der Waals surface area contributed by atoms with Crippen LogP contribution in [0.4, 0.5) is 11.6 Å². The highest BCUT2D eigenvalue weighted by molar-refractivity contribution is 5.42. The zero-order valence-corrected chi connectivity index (χ0v) is 11.3. The van der Waals surface area contributed by atoms with E-state index in [-0.39, 0.29) is 24.1 Å². The molecule has 0 aliphatic rings. The zero-order chi connectivity index (χ0) is 14.3. The molecule has 8 nitrogen and oxygen atoms in total. The molecule has 106 valence electrons. The Morgan fingerprint density at radius 1 is 1.47 bits per heavy atom. The number of ether oxygens (including phenoxy) is 2. The van der Waals surface area contributed by atoms with Gasteiger partial charge in [-0.1, -0.05) is 13.8 Å². The molecular weight excluding hydrogens is 252 g/mol. The van der Waals surface area contributed by atoms with Gasteiger partial charge in [0, 0.05) is 13.7 Å². The van der Waals surface area contributed by atoms with Crippen molar-refractivity contribution in [3.8, 4) is 5.88 Å². The fourth-order valence-corrected chi connectivity index (χ4v) is 1.23. The first-order valence-electron chi connectivity index (χ1n) is 5.94. The molecule has 0 aliphatic heterocycles. The van der Waals surface area contributed by atoms with Crippen LogP contribution in [0.3, 0.4) is 0 Å². The Labute approximate surface area is 111 Å². The summed E-state index contributed by atoms with van der Waals surface area (Å²) < 4.78 is 10.6. The smallest absolute Gasteiger partial charge is 0.349 e. The second-order valence-electron chi connectivity index (χ2n) is 4.21. The van der Waals surface area contributed by atoms with E-state index in [1.54, 1.807) is 7.05 Å². The maximum absolute atomic E-state index is 10.8. The number of aromatic nitrogens is 2. The number of anilines is 1. The first-order valence-corrected chi connectivity index (χ1v) is 5.94. The van der Waals surface area contributed by atoms with E-state index in [2.05, 4.69) is 15.3 Å². The SMILES string of the molecule is CNc1ncc([N+](=O)[O-])c(OCCOCC(C)C)n1. The quantitative estimate of drug-likeness (QED) is 0.434. The predicted molar refractivity (Wildman–Crippen MR) is 69.4 cm³/mol. The van der Waals surface area contributed by atoms with Crippen molar-refractivity contribution in [2.24, 2.45) is 5.92 Å². The fourth-order valence-electron chi connectivity index (χ4n) is 1.23. The molecule has 1 N–H and O–H groups in total. The van der Waals surface area contributed by atoms with E-state index in [1.807, 2.05) is 13.8 Å². The molecule has 19 heavy (non-hydrogen) atoms. The molecule has 0 unspecified atom stereocenters. The summed E-state index contributed by atoms with van der Waals surface area (Å²) >= 11 is 0. The van der Waals surface area contributed by atoms with Gasteiger partial charge in [-0.25, -0.2) is 4.98 Å². The Bertz CT molecular complexity index is 425. The van der Waals surface area contributed by atoms with Crippen LogP contribution in [0.25, 0.3) is 0 Å². The van der Waals surface area contributed by atoms with Crippen molar-refractivity contribution in [1.29, 1.82) is 0 Å². The lowest BCUT2D eigenvalue weighted by molar-refractivity contribution is -0.386. The van der Waals surface area contributed by atoms with Crippen LogP contribution in [0.1, 0.15) is 13.8 Å². The van der Waals surface area contributed by atoms with Crippen LogP contribution in [0.5, 0.6) is 5.88 Å². The van der Waals surface area contributed by atoms with E-state index < -0.39 is 4.92 Å². The Balaban J connectivity index is 2.57. The number of nitrogens with zero attached hydrogens (tertiary/aromatic N) is 3. The average Bonchev–Trinajstić information content (AvgIpc) is 2.37. The first-order chi connectivity index (χ1) is 9.04. The molecular formula is C11H18N4O4. The summed E-state index contributed by atoms with van der Waals surface area (Å²) in [5.41, 5.74) is -0.261. The van der Waals surface area contributed by atoms with Crippen LogP contribution in [0.15, 0.2) is 6.20 Å². The van der Waals surface area contributed by atoms with Gasteiger partial charge < -0.3 is 14.8 Å². The normalized spacial score (nSPS) is 10.5. The third-order valence-corrected chi connectivity index (χ3v) is 2.07. The van der Waals surface area contributed by atoms with Gasteiger partial charge in [0.25, 0.3) is 5.88 Å². The number of nitro groups is 1. The van der Waals surface area contributed by atoms with Crippen molar-refractivity contribution in [2.75, 3.05) is 32.2 Å². The van der Waals surface area contributed by atoms with Gasteiger partial charge in [0.05, 0.1) is 11.5 Å². The highest BCUT2D eigenvalue weighted by Crippen LogP contribution is 2.24. The molecule has 0 radical (unpaired) electrons. The third kappa shape index (κ3) is 5.04. The van der Waals surface area contributed by atoms with Crippen LogP contribution < -0.4 is 10.1 Å². The van der Waals surface area contributed by atoms with Crippen molar-refractivity contribution in [1.82, 2.24) is 9.97 Å². The number of hydrogen-bond donors (Lipinski definition) is 1. The maximum Gasteiger partial charge on any atom is 0.349 e. The molecule has 8 heteroatoms. The molecule has 0 fully saturated rings. The first kappa shape index (κ1) is 15.1. The Kier molecular flexibility index (Phi) is 5.94. The summed E-state index contributed by atoms with van der Waals surface area (Å²) in [6.45, 7) is 5.25. The number of rotatable bonds is 8. The molecule has 1 aromatic heterocycles. The van der Waals surface area contributed by atoms with Gasteiger partial charge >= 0.3 is 5.69 Å². The van der Waals surface area contributed by atoms with Gasteiger partial charge in [0.1, 0.15) is 12.8 Å². The standard InChI is InChI=1S/C11H18N4O4/c1-8(2)7-18-4-5-19-10-9(15(16)17)6-13-11(12-3)14-10/h6,8H,4-5,7H2,1-3H3,(H,12,13,14). The third-order valence-electron chi connectivity index (χ3n) is 2.07. The molecule has 0 saturated carbocycles. The van der Waals surface area contributed by atoms with Crippen molar-refractivity contribution < 1.29 is 14.4 Å². The molecule has 0 spiro atoms. The van der Waals surface area contributed by atoms with Crippen LogP contribution >= 0.6 is 0 Å². The molecule has 1 heterocycles. The Morgan fingerprint density at radius 3 is 2.79 bits per heavy atom. The van der Waals surface area contributed by atoms with Crippen molar-refractivity contribution in [2.45, 2.75) is 13.8 Å². The van der Waals surface area contributed by atoms with Crippen molar-refractivity contribution in [3.05, 3.63) is 16.3 Å². The second-order valence-corrected chi connectivity index (χ2v) is 4.21. The minimum atomic E-state index is -0.580. The average molecular weight is 270 g/mol. The lowest BCUT2D eigenvalue weighted by Crippen LogP contribution is -2.12. The lowest BCUT2D eigenvalue weighted by atomic mass is 10.2. The molecule has 1 rings (SSSR count). The largest absolute Gasteiger partial charge is 0.470 e. The highest BCUT2D eigenvalue weighted by Gasteiger charge is 2.18. The van der Waals surface area contributed by atoms with Gasteiger partial charge in [0.15, 0.2) is 0 Å². The van der Waals surface area contributed by atoms with E-state index >= 15 is 0 Å². The van der Waals surface area contributed by atoms with E-state index in [9.17, 15) is 10.1 Å². The maximum atomic E-state index is 10.8. The predicted octanol–water partition coefficient (Wildman–Crippen LogP) is 1.48. The van der Waals surface area contributed by atoms with Crippen LogP contribution in [-0.4, -0.2) is 41.8 Å². The molecule has 0 amide bonds. The van der Waals surface area contributed by atoms with E-state index in [0.29, 0.717) is 19.1 Å². The number of hydrogen-bond acceptors (Lipinski definition) is 7. The summed E-state index contributed by atoms with van der Waals surface area (Å²) in [5.74, 6) is 0.644. The van der Waals surface area contributed by atoms with Gasteiger partial charge in [-0.05, 0) is 5.92 Å². The van der Waals surface area contributed by atoms with Crippen LogP contribution in [-0.2, 0) is 4.74 Å². The molecule has 0 atom stereocenters. The minimum Gasteiger partial charge on any atom is -0.470 e. The molecule has 0 bridgehead atoms. The van der Waals surface area contributed by atoms with Gasteiger partial charge in [-0.15, -0.1) is 0 Å². The van der Waals surface area contributed by atoms with Gasteiger partial charge in [-0.3, -0.25) is 10.1 Å². The van der Waals surface area contributed by atoms with Crippen molar-refractivity contribution >= 4 is 11.6 Å². The van der Waals surface area contributed by atoms with E-state index in [0.717, 1.165) is 6.20 Å². The summed E-state index contributed by atoms with van der Waals surface area (Å²) in [7, 11) is 1.62. The second kappa shape index (κ2) is 7.47. The van der Waals surface area contributed by atoms with E-state index in [1.165, 1.54) is 0 Å². The topological polar surface area (TPSA) is 99.4 Å². The summed E-state index contributed by atoms with van der Waals surface area (Å²) in [5, 5.41) is 13.5. The summed E-state index contributed by atoms with van der Waals surface area (Å²) in [6.07, 6.45) is 1.11. The van der Waals surface area contributed by atoms with E-state index in [4.69, 9.17) is 9.47 Å². The van der Waals surface area contributed by atoms with Crippen molar-refractivity contribution in [3.63, 3.8) is 0 Å². The lowest BCUT2D eigenvalue weighted by Gasteiger charge is -2.08. The summed E-state index contributed by atoms with van der Waals surface area (Å²) in [4.78, 5) is 17.9. The van der Waals surface area contributed by atoms with Crippen LogP contribution in [0, 0.1) is 16.0 Å². The zero-order valence-electron chi connectivity index (χ0n) is 11.3. The highest BCUT2D eigenvalue weighted by atomic mass is 16.6. The summed E-state index contributed by atoms with van der Waals surface area (Å²) in [6, 6.07) is 0. The fraction of sp³-hybridized carbons (Fsp3) is 0.636. The van der Waals surface area contributed by atoms with Gasteiger partial charge in [0.2, 0.25) is 5.95 Å². The molecule has 0 aliphatic carbocycles. The Hall–Kier alpha value is -1.96.